The molecule has 3 aromatic carbocycles. The summed E-state index contributed by atoms with van der Waals surface area (Å²) in [6, 6.07) is 20.1. The number of fused-ring (bicyclic) bond motifs is 3. The highest BCUT2D eigenvalue weighted by Gasteiger charge is 2.41. The van der Waals surface area contributed by atoms with Crippen molar-refractivity contribution >= 4 is 23.0 Å². The van der Waals surface area contributed by atoms with Gasteiger partial charge in [0.2, 0.25) is 6.23 Å². The van der Waals surface area contributed by atoms with Gasteiger partial charge in [-0.15, -0.1) is 0 Å². The van der Waals surface area contributed by atoms with Crippen LogP contribution in [0.3, 0.4) is 0 Å². The Morgan fingerprint density at radius 1 is 1.05 bits per heavy atom. The van der Waals surface area contributed by atoms with Crippen LogP contribution in [0, 0.1) is 10.1 Å². The second-order valence-corrected chi connectivity index (χ2v) is 9.87. The molecule has 2 atom stereocenters. The van der Waals surface area contributed by atoms with Crippen molar-refractivity contribution in [2.75, 3.05) is 6.61 Å². The third-order valence-electron chi connectivity index (χ3n) is 6.84. The number of ether oxygens (including phenoxy) is 2. The summed E-state index contributed by atoms with van der Waals surface area (Å²) >= 11 is 6.09. The first-order valence-electron chi connectivity index (χ1n) is 12.8. The lowest BCUT2D eigenvalue weighted by atomic mass is 9.95. The fraction of sp³-hybridized carbons (Fsp3) is 0.345. The van der Waals surface area contributed by atoms with Gasteiger partial charge in [-0.05, 0) is 54.4 Å². The van der Waals surface area contributed by atoms with E-state index in [4.69, 9.17) is 26.2 Å². The molecule has 2 aliphatic heterocycles. The summed E-state index contributed by atoms with van der Waals surface area (Å²) in [7, 11) is 0. The number of unbranched alkanes of at least 4 members (excludes halogenated alkanes) is 4. The number of hydrazone groups is 1. The average Bonchev–Trinajstić information content (AvgIpc) is 3.36. The summed E-state index contributed by atoms with van der Waals surface area (Å²) in [5, 5.41) is 19.0. The Bertz CT molecular complexity index is 1280. The van der Waals surface area contributed by atoms with Crippen LogP contribution in [0.5, 0.6) is 11.5 Å². The molecule has 8 heteroatoms. The minimum absolute atomic E-state index is 0.0388. The molecule has 0 fully saturated rings. The number of halogens is 1. The molecule has 3 aromatic rings. The number of nitro groups is 1. The highest BCUT2D eigenvalue weighted by molar-refractivity contribution is 6.30. The van der Waals surface area contributed by atoms with Crippen LogP contribution in [-0.4, -0.2) is 22.3 Å². The van der Waals surface area contributed by atoms with Crippen LogP contribution < -0.4 is 9.47 Å². The summed E-state index contributed by atoms with van der Waals surface area (Å²) in [4.78, 5) is 11.1. The predicted octanol–water partition coefficient (Wildman–Crippen LogP) is 7.84. The fourth-order valence-corrected chi connectivity index (χ4v) is 4.98. The number of nitro benzene ring substituents is 1. The zero-order chi connectivity index (χ0) is 25.8. The molecule has 0 N–H and O–H groups in total. The van der Waals surface area contributed by atoms with E-state index in [0.29, 0.717) is 23.8 Å². The van der Waals surface area contributed by atoms with Gasteiger partial charge in [-0.25, -0.2) is 5.01 Å². The summed E-state index contributed by atoms with van der Waals surface area (Å²) in [5.74, 6) is 1.46. The molecule has 2 unspecified atom stereocenters. The lowest BCUT2D eigenvalue weighted by Crippen LogP contribution is -2.33. The Morgan fingerprint density at radius 2 is 1.81 bits per heavy atom. The maximum atomic E-state index is 11.5. The summed E-state index contributed by atoms with van der Waals surface area (Å²) in [6.07, 6.45) is 6.12. The van der Waals surface area contributed by atoms with Crippen molar-refractivity contribution in [3.63, 3.8) is 0 Å². The van der Waals surface area contributed by atoms with Crippen molar-refractivity contribution in [3.05, 3.63) is 98.6 Å². The quantitative estimate of drug-likeness (QED) is 0.155. The molecule has 0 bridgehead atoms. The highest BCUT2D eigenvalue weighted by Crippen LogP contribution is 2.48. The van der Waals surface area contributed by atoms with Gasteiger partial charge in [0.05, 0.1) is 23.3 Å². The van der Waals surface area contributed by atoms with E-state index in [1.807, 2.05) is 53.5 Å². The zero-order valence-electron chi connectivity index (χ0n) is 20.8. The Kier molecular flexibility index (Phi) is 7.60. The van der Waals surface area contributed by atoms with Crippen molar-refractivity contribution < 1.29 is 14.4 Å². The SMILES string of the molecule is CCCCCCCOc1ccc(C2Oc3ccc([N+](=O)[O-])cc3C3CC(c4ccc(Cl)cc4)=NN32)cc1. The lowest BCUT2D eigenvalue weighted by molar-refractivity contribution is -0.385. The van der Waals surface area contributed by atoms with Crippen molar-refractivity contribution in [1.82, 2.24) is 5.01 Å². The maximum absolute atomic E-state index is 11.5. The van der Waals surface area contributed by atoms with Gasteiger partial charge < -0.3 is 9.47 Å². The van der Waals surface area contributed by atoms with Crippen LogP contribution in [0.4, 0.5) is 5.69 Å². The first-order chi connectivity index (χ1) is 18.0. The molecular weight excluding hydrogens is 490 g/mol. The monoisotopic (exact) mass is 519 g/mol. The number of rotatable bonds is 10. The number of benzene rings is 3. The second kappa shape index (κ2) is 11.2. The third kappa shape index (κ3) is 5.57. The van der Waals surface area contributed by atoms with Gasteiger partial charge in [0.25, 0.3) is 5.69 Å². The molecule has 37 heavy (non-hydrogen) atoms. The fourth-order valence-electron chi connectivity index (χ4n) is 4.85. The van der Waals surface area contributed by atoms with Crippen LogP contribution in [0.25, 0.3) is 0 Å². The number of hydrogen-bond donors (Lipinski definition) is 0. The molecule has 2 aliphatic rings. The molecular formula is C29H30ClN3O4. The van der Waals surface area contributed by atoms with Crippen molar-refractivity contribution in [3.8, 4) is 11.5 Å². The molecule has 7 nitrogen and oxygen atoms in total. The maximum Gasteiger partial charge on any atom is 0.270 e. The smallest absolute Gasteiger partial charge is 0.270 e. The van der Waals surface area contributed by atoms with Gasteiger partial charge in [0.15, 0.2) is 0 Å². The molecule has 0 radical (unpaired) electrons. The Balaban J connectivity index is 1.39. The Labute approximate surface area is 221 Å². The van der Waals surface area contributed by atoms with Crippen LogP contribution in [0.15, 0.2) is 71.8 Å². The van der Waals surface area contributed by atoms with E-state index >= 15 is 0 Å². The Morgan fingerprint density at radius 3 is 2.54 bits per heavy atom. The predicted molar refractivity (Wildman–Crippen MR) is 144 cm³/mol. The third-order valence-corrected chi connectivity index (χ3v) is 7.10. The van der Waals surface area contributed by atoms with E-state index in [9.17, 15) is 10.1 Å². The molecule has 192 valence electrons. The van der Waals surface area contributed by atoms with Gasteiger partial charge in [-0.2, -0.15) is 5.10 Å². The van der Waals surface area contributed by atoms with Crippen molar-refractivity contribution in [2.45, 2.75) is 57.7 Å². The highest BCUT2D eigenvalue weighted by atomic mass is 35.5. The summed E-state index contributed by atoms with van der Waals surface area (Å²) in [6.45, 7) is 2.92. The van der Waals surface area contributed by atoms with E-state index in [0.717, 1.165) is 34.6 Å². The Hall–Kier alpha value is -3.58. The minimum Gasteiger partial charge on any atom is -0.494 e. The number of non-ortho nitro benzene ring substituents is 1. The van der Waals surface area contributed by atoms with E-state index in [2.05, 4.69) is 6.92 Å². The molecule has 0 saturated carbocycles. The molecule has 2 heterocycles. The van der Waals surface area contributed by atoms with Crippen LogP contribution in [0.2, 0.25) is 5.02 Å². The molecule has 5 rings (SSSR count). The first-order valence-corrected chi connectivity index (χ1v) is 13.2. The van der Waals surface area contributed by atoms with Gasteiger partial charge in [0, 0.05) is 34.7 Å². The van der Waals surface area contributed by atoms with E-state index in [-0.39, 0.29) is 16.7 Å². The molecule has 0 saturated heterocycles. The molecule has 0 aliphatic carbocycles. The van der Waals surface area contributed by atoms with E-state index < -0.39 is 6.23 Å². The van der Waals surface area contributed by atoms with Gasteiger partial charge in [-0.3, -0.25) is 10.1 Å². The van der Waals surface area contributed by atoms with E-state index in [1.54, 1.807) is 12.1 Å². The van der Waals surface area contributed by atoms with Gasteiger partial charge in [0.1, 0.15) is 11.5 Å². The molecule has 0 aromatic heterocycles. The van der Waals surface area contributed by atoms with Gasteiger partial charge >= 0.3 is 0 Å². The molecule has 0 amide bonds. The zero-order valence-corrected chi connectivity index (χ0v) is 21.6. The normalized spacial score (nSPS) is 18.0. The van der Waals surface area contributed by atoms with Crippen LogP contribution in [0.1, 0.15) is 74.4 Å². The van der Waals surface area contributed by atoms with E-state index in [1.165, 1.54) is 31.7 Å². The van der Waals surface area contributed by atoms with Gasteiger partial charge in [-0.1, -0.05) is 56.3 Å². The topological polar surface area (TPSA) is 77.2 Å². The van der Waals surface area contributed by atoms with Crippen molar-refractivity contribution in [2.24, 2.45) is 5.10 Å². The summed E-state index contributed by atoms with van der Waals surface area (Å²) in [5.41, 5.74) is 3.59. The number of hydrogen-bond acceptors (Lipinski definition) is 6. The lowest BCUT2D eigenvalue weighted by Gasteiger charge is -2.38. The van der Waals surface area contributed by atoms with Crippen LogP contribution >= 0.6 is 11.6 Å². The largest absolute Gasteiger partial charge is 0.494 e. The van der Waals surface area contributed by atoms with Crippen molar-refractivity contribution in [1.29, 1.82) is 0 Å². The first kappa shape index (κ1) is 25.1. The average molecular weight is 520 g/mol. The second-order valence-electron chi connectivity index (χ2n) is 9.43. The van der Waals surface area contributed by atoms with Crippen LogP contribution in [-0.2, 0) is 0 Å². The minimum atomic E-state index is -0.466. The number of nitrogens with zero attached hydrogens (tertiary/aromatic N) is 3. The standard InChI is InChI=1S/C29H30ClN3O4/c1-2-3-4-5-6-17-36-24-14-9-21(10-15-24)29-32-27(19-26(31-32)20-7-11-22(30)12-8-20)25-18-23(33(34)35)13-16-28(25)37-29/h7-16,18,27,29H,2-6,17,19H2,1H3. The molecule has 0 spiro atoms. The summed E-state index contributed by atoms with van der Waals surface area (Å²) < 4.78 is 12.3.